The minimum Gasteiger partial charge on any atom is -0.233 e. The molecule has 0 saturated heterocycles. The van der Waals surface area contributed by atoms with Gasteiger partial charge in [-0.15, -0.1) is 0 Å². The Morgan fingerprint density at radius 1 is 0.682 bits per heavy atom. The van der Waals surface area contributed by atoms with Crippen LogP contribution in [0.15, 0.2) is 0 Å². The van der Waals surface area contributed by atoms with E-state index in [1.165, 1.54) is 89.9 Å². The van der Waals surface area contributed by atoms with Gasteiger partial charge >= 0.3 is 0 Å². The normalized spacial score (nSPS) is 33.0. The molecule has 0 aromatic rings. The van der Waals surface area contributed by atoms with Crippen molar-refractivity contribution in [3.63, 3.8) is 0 Å². The highest BCUT2D eigenvalue weighted by atomic mass is 17.2. The first kappa shape index (κ1) is 18.3. The fraction of sp³-hybridized carbons (Fsp3) is 1.00. The summed E-state index contributed by atoms with van der Waals surface area (Å²) in [7, 11) is 0. The van der Waals surface area contributed by atoms with Gasteiger partial charge in [0.15, 0.2) is 0 Å². The molecule has 2 fully saturated rings. The van der Waals surface area contributed by atoms with E-state index in [1.54, 1.807) is 0 Å². The third-order valence-corrected chi connectivity index (χ3v) is 5.73. The van der Waals surface area contributed by atoms with Crippen LogP contribution < -0.4 is 0 Å². The van der Waals surface area contributed by atoms with Crippen molar-refractivity contribution in [3.05, 3.63) is 0 Å². The molecule has 2 aliphatic rings. The zero-order valence-corrected chi connectivity index (χ0v) is 15.0. The predicted molar refractivity (Wildman–Crippen MR) is 92.7 cm³/mol. The minimum absolute atomic E-state index is 0.367. The molecule has 22 heavy (non-hydrogen) atoms. The Hall–Kier alpha value is -0.0800. The van der Waals surface area contributed by atoms with Gasteiger partial charge in [0.05, 0.1) is 12.2 Å². The lowest BCUT2D eigenvalue weighted by molar-refractivity contribution is -0.361. The monoisotopic (exact) mass is 310 g/mol. The van der Waals surface area contributed by atoms with Gasteiger partial charge in [-0.1, -0.05) is 78.1 Å². The zero-order chi connectivity index (χ0) is 15.6. The SMILES string of the molecule is CCCCC1CCCC(OOC2CCCC(CCCC)C2)C1. The van der Waals surface area contributed by atoms with Crippen molar-refractivity contribution in [2.75, 3.05) is 0 Å². The molecule has 2 heteroatoms. The van der Waals surface area contributed by atoms with E-state index in [2.05, 4.69) is 13.8 Å². The number of hydrogen-bond donors (Lipinski definition) is 0. The van der Waals surface area contributed by atoms with Gasteiger partial charge in [-0.3, -0.25) is 0 Å². The molecule has 0 radical (unpaired) electrons. The van der Waals surface area contributed by atoms with E-state index in [0.29, 0.717) is 12.2 Å². The van der Waals surface area contributed by atoms with E-state index in [9.17, 15) is 0 Å². The summed E-state index contributed by atoms with van der Waals surface area (Å²) in [5.41, 5.74) is 0. The maximum atomic E-state index is 5.89. The molecule has 4 unspecified atom stereocenters. The Bertz CT molecular complexity index is 251. The average molecular weight is 311 g/mol. The topological polar surface area (TPSA) is 18.5 Å². The largest absolute Gasteiger partial charge is 0.233 e. The minimum atomic E-state index is 0.367. The van der Waals surface area contributed by atoms with E-state index >= 15 is 0 Å². The van der Waals surface area contributed by atoms with Crippen molar-refractivity contribution in [3.8, 4) is 0 Å². The lowest BCUT2D eigenvalue weighted by Crippen LogP contribution is -2.28. The van der Waals surface area contributed by atoms with Crippen molar-refractivity contribution in [2.45, 2.75) is 116 Å². The lowest BCUT2D eigenvalue weighted by Gasteiger charge is -2.32. The van der Waals surface area contributed by atoms with E-state index in [-0.39, 0.29) is 0 Å². The highest BCUT2D eigenvalue weighted by Crippen LogP contribution is 2.33. The van der Waals surface area contributed by atoms with Crippen LogP contribution in [0, 0.1) is 11.8 Å². The Morgan fingerprint density at radius 2 is 1.14 bits per heavy atom. The number of unbranched alkanes of at least 4 members (excludes halogenated alkanes) is 2. The second kappa shape index (κ2) is 10.6. The van der Waals surface area contributed by atoms with Crippen LogP contribution in [-0.4, -0.2) is 12.2 Å². The first-order valence-corrected chi connectivity index (χ1v) is 10.1. The standard InChI is InChI=1S/C20H38O2/c1-3-5-9-17-11-7-13-19(15-17)21-22-20-14-8-12-18(16-20)10-6-4-2/h17-20H,3-16H2,1-2H3. The Morgan fingerprint density at radius 3 is 1.55 bits per heavy atom. The van der Waals surface area contributed by atoms with Crippen LogP contribution in [0.25, 0.3) is 0 Å². The fourth-order valence-corrected chi connectivity index (χ4v) is 4.33. The predicted octanol–water partition coefficient (Wildman–Crippen LogP) is 6.43. The van der Waals surface area contributed by atoms with E-state index in [0.717, 1.165) is 11.8 Å². The van der Waals surface area contributed by atoms with Gasteiger partial charge in [0.2, 0.25) is 0 Å². The molecule has 0 aromatic carbocycles. The molecule has 2 rings (SSSR count). The smallest absolute Gasteiger partial charge is 0.0932 e. The summed E-state index contributed by atoms with van der Waals surface area (Å²) < 4.78 is 0. The number of hydrogen-bond acceptors (Lipinski definition) is 2. The van der Waals surface area contributed by atoms with Crippen LogP contribution in [0.2, 0.25) is 0 Å². The maximum absolute atomic E-state index is 5.89. The molecule has 0 aliphatic heterocycles. The van der Waals surface area contributed by atoms with E-state index < -0.39 is 0 Å². The second-order valence-electron chi connectivity index (χ2n) is 7.79. The van der Waals surface area contributed by atoms with Crippen LogP contribution in [0.3, 0.4) is 0 Å². The van der Waals surface area contributed by atoms with Crippen LogP contribution in [-0.2, 0) is 9.78 Å². The van der Waals surface area contributed by atoms with Crippen molar-refractivity contribution in [1.29, 1.82) is 0 Å². The van der Waals surface area contributed by atoms with Gasteiger partial charge in [-0.25, -0.2) is 9.78 Å². The Kier molecular flexibility index (Phi) is 8.84. The molecule has 0 aromatic heterocycles. The Labute approximate surface area is 138 Å². The molecule has 0 spiro atoms. The van der Waals surface area contributed by atoms with Crippen LogP contribution in [0.5, 0.6) is 0 Å². The third kappa shape index (κ3) is 6.58. The molecule has 0 N–H and O–H groups in total. The lowest BCUT2D eigenvalue weighted by atomic mass is 9.84. The highest BCUT2D eigenvalue weighted by Gasteiger charge is 2.26. The summed E-state index contributed by atoms with van der Waals surface area (Å²) in [6, 6.07) is 0. The Balaban J connectivity index is 1.64. The van der Waals surface area contributed by atoms with Gasteiger partial charge in [-0.05, 0) is 37.5 Å². The molecular formula is C20H38O2. The molecule has 130 valence electrons. The summed E-state index contributed by atoms with van der Waals surface area (Å²) in [6.07, 6.45) is 19.2. The summed E-state index contributed by atoms with van der Waals surface area (Å²) in [4.78, 5) is 11.8. The van der Waals surface area contributed by atoms with Crippen molar-refractivity contribution < 1.29 is 9.78 Å². The van der Waals surface area contributed by atoms with Gasteiger partial charge in [-0.2, -0.15) is 0 Å². The summed E-state index contributed by atoms with van der Waals surface area (Å²) in [6.45, 7) is 4.58. The van der Waals surface area contributed by atoms with E-state index in [4.69, 9.17) is 9.78 Å². The van der Waals surface area contributed by atoms with E-state index in [1.807, 2.05) is 0 Å². The van der Waals surface area contributed by atoms with Crippen LogP contribution in [0.4, 0.5) is 0 Å². The molecular weight excluding hydrogens is 272 g/mol. The highest BCUT2D eigenvalue weighted by molar-refractivity contribution is 4.74. The molecule has 0 heterocycles. The van der Waals surface area contributed by atoms with Gasteiger partial charge in [0, 0.05) is 0 Å². The third-order valence-electron chi connectivity index (χ3n) is 5.73. The molecule has 2 nitrogen and oxygen atoms in total. The van der Waals surface area contributed by atoms with Crippen LogP contribution >= 0.6 is 0 Å². The van der Waals surface area contributed by atoms with Gasteiger partial charge in [0.25, 0.3) is 0 Å². The summed E-state index contributed by atoms with van der Waals surface area (Å²) in [5.74, 6) is 1.76. The molecule has 2 aliphatic carbocycles. The molecule has 4 atom stereocenters. The summed E-state index contributed by atoms with van der Waals surface area (Å²) in [5, 5.41) is 0. The first-order valence-electron chi connectivity index (χ1n) is 10.1. The van der Waals surface area contributed by atoms with Crippen LogP contribution in [0.1, 0.15) is 104 Å². The maximum Gasteiger partial charge on any atom is 0.0932 e. The number of rotatable bonds is 9. The van der Waals surface area contributed by atoms with Gasteiger partial charge in [0.1, 0.15) is 0 Å². The quantitative estimate of drug-likeness (QED) is 0.361. The van der Waals surface area contributed by atoms with Gasteiger partial charge < -0.3 is 0 Å². The average Bonchev–Trinajstić information content (AvgIpc) is 2.57. The molecule has 0 bridgehead atoms. The van der Waals surface area contributed by atoms with Crippen molar-refractivity contribution >= 4 is 0 Å². The zero-order valence-electron chi connectivity index (χ0n) is 15.0. The van der Waals surface area contributed by atoms with Crippen molar-refractivity contribution in [1.82, 2.24) is 0 Å². The second-order valence-corrected chi connectivity index (χ2v) is 7.79. The molecule has 2 saturated carbocycles. The molecule has 0 amide bonds. The fourth-order valence-electron chi connectivity index (χ4n) is 4.33. The first-order chi connectivity index (χ1) is 10.8. The van der Waals surface area contributed by atoms with Crippen molar-refractivity contribution in [2.24, 2.45) is 11.8 Å². The summed E-state index contributed by atoms with van der Waals surface area (Å²) >= 11 is 0.